The van der Waals surface area contributed by atoms with E-state index in [1.54, 1.807) is 30.3 Å². The van der Waals surface area contributed by atoms with E-state index in [0.717, 1.165) is 0 Å². The van der Waals surface area contributed by atoms with Crippen LogP contribution in [0.15, 0.2) is 42.6 Å². The highest BCUT2D eigenvalue weighted by Gasteiger charge is 2.08. The molecule has 0 radical (unpaired) electrons. The highest BCUT2D eigenvalue weighted by Crippen LogP contribution is 2.16. The number of nitrogens with one attached hydrogen (secondary N) is 1. The van der Waals surface area contributed by atoms with E-state index in [1.807, 2.05) is 6.07 Å². The number of hydrogen-bond donors (Lipinski definition) is 1. The number of ether oxygens (including phenoxy) is 1. The monoisotopic (exact) mass is 304 g/mol. The van der Waals surface area contributed by atoms with Crippen LogP contribution < -0.4 is 10.1 Å². The summed E-state index contributed by atoms with van der Waals surface area (Å²) in [7, 11) is 0. The Balaban J connectivity index is 2.05. The standard InChI is InChI=1S/C16H17ClN2O2/c1-11(2)10-21-14-5-3-4-12(8-14)16(20)19-15-7-6-13(17)9-18-15/h3-9,11H,10H2,1-2H3,(H,18,19,20). The predicted molar refractivity (Wildman–Crippen MR) is 84.0 cm³/mol. The quantitative estimate of drug-likeness (QED) is 0.907. The molecular formula is C16H17ClN2O2. The topological polar surface area (TPSA) is 51.2 Å². The molecule has 21 heavy (non-hydrogen) atoms. The second-order valence-corrected chi connectivity index (χ2v) is 5.48. The second-order valence-electron chi connectivity index (χ2n) is 5.05. The number of pyridine rings is 1. The fourth-order valence-electron chi connectivity index (χ4n) is 1.63. The lowest BCUT2D eigenvalue weighted by molar-refractivity contribution is 0.102. The summed E-state index contributed by atoms with van der Waals surface area (Å²) in [5, 5.41) is 3.24. The van der Waals surface area contributed by atoms with Crippen LogP contribution in [0.2, 0.25) is 5.02 Å². The first kappa shape index (κ1) is 15.3. The van der Waals surface area contributed by atoms with Crippen molar-refractivity contribution in [3.8, 4) is 5.75 Å². The normalized spacial score (nSPS) is 10.5. The molecule has 5 heteroatoms. The molecule has 1 amide bonds. The first-order valence-corrected chi connectivity index (χ1v) is 7.08. The molecule has 0 aliphatic carbocycles. The van der Waals surface area contributed by atoms with Gasteiger partial charge >= 0.3 is 0 Å². The summed E-state index contributed by atoms with van der Waals surface area (Å²) < 4.78 is 5.61. The third-order valence-electron chi connectivity index (χ3n) is 2.65. The maximum absolute atomic E-state index is 12.1. The number of amides is 1. The fraction of sp³-hybridized carbons (Fsp3) is 0.250. The van der Waals surface area contributed by atoms with E-state index in [9.17, 15) is 4.79 Å². The van der Waals surface area contributed by atoms with Crippen molar-refractivity contribution in [2.45, 2.75) is 13.8 Å². The third-order valence-corrected chi connectivity index (χ3v) is 2.87. The van der Waals surface area contributed by atoms with Gasteiger partial charge in [0.2, 0.25) is 0 Å². The van der Waals surface area contributed by atoms with Crippen LogP contribution in [0.1, 0.15) is 24.2 Å². The first-order valence-electron chi connectivity index (χ1n) is 6.70. The average molecular weight is 305 g/mol. The zero-order valence-electron chi connectivity index (χ0n) is 12.0. The summed E-state index contributed by atoms with van der Waals surface area (Å²) >= 11 is 5.75. The second kappa shape index (κ2) is 7.09. The van der Waals surface area contributed by atoms with E-state index in [-0.39, 0.29) is 5.91 Å². The van der Waals surface area contributed by atoms with Crippen LogP contribution in [-0.2, 0) is 0 Å². The van der Waals surface area contributed by atoms with Crippen molar-refractivity contribution in [3.63, 3.8) is 0 Å². The van der Waals surface area contributed by atoms with Crippen LogP contribution in [0.3, 0.4) is 0 Å². The Morgan fingerprint density at radius 3 is 2.81 bits per heavy atom. The molecule has 110 valence electrons. The summed E-state index contributed by atoms with van der Waals surface area (Å²) in [6.45, 7) is 4.76. The SMILES string of the molecule is CC(C)COc1cccc(C(=O)Nc2ccc(Cl)cn2)c1. The zero-order chi connectivity index (χ0) is 15.2. The van der Waals surface area contributed by atoms with Gasteiger partial charge in [0.05, 0.1) is 11.6 Å². The number of carbonyl (C=O) groups is 1. The van der Waals surface area contributed by atoms with Crippen LogP contribution in [0.25, 0.3) is 0 Å². The number of nitrogens with zero attached hydrogens (tertiary/aromatic N) is 1. The lowest BCUT2D eigenvalue weighted by atomic mass is 10.2. The van der Waals surface area contributed by atoms with Crippen molar-refractivity contribution in [1.29, 1.82) is 0 Å². The van der Waals surface area contributed by atoms with E-state index >= 15 is 0 Å². The molecule has 0 bridgehead atoms. The molecule has 0 unspecified atom stereocenters. The van der Waals surface area contributed by atoms with Crippen LogP contribution in [0.5, 0.6) is 5.75 Å². The number of anilines is 1. The van der Waals surface area contributed by atoms with Crippen LogP contribution in [-0.4, -0.2) is 17.5 Å². The van der Waals surface area contributed by atoms with Crippen molar-refractivity contribution in [3.05, 3.63) is 53.2 Å². The molecule has 0 spiro atoms. The van der Waals surface area contributed by atoms with Crippen molar-refractivity contribution in [2.75, 3.05) is 11.9 Å². The van der Waals surface area contributed by atoms with Crippen molar-refractivity contribution >= 4 is 23.3 Å². The molecule has 0 aliphatic heterocycles. The Labute approximate surface area is 129 Å². The maximum atomic E-state index is 12.1. The Morgan fingerprint density at radius 2 is 2.14 bits per heavy atom. The fourth-order valence-corrected chi connectivity index (χ4v) is 1.74. The van der Waals surface area contributed by atoms with Gasteiger partial charge in [-0.25, -0.2) is 4.98 Å². The Kier molecular flexibility index (Phi) is 5.17. The highest BCUT2D eigenvalue weighted by atomic mass is 35.5. The van der Waals surface area contributed by atoms with E-state index in [1.165, 1.54) is 6.20 Å². The van der Waals surface area contributed by atoms with Gasteiger partial charge in [0, 0.05) is 11.8 Å². The Hall–Kier alpha value is -2.07. The molecular weight excluding hydrogens is 288 g/mol. The van der Waals surface area contributed by atoms with Gasteiger partial charge in [-0.2, -0.15) is 0 Å². The predicted octanol–water partition coefficient (Wildman–Crippen LogP) is 4.02. The molecule has 0 aliphatic rings. The molecule has 1 aromatic heterocycles. The van der Waals surface area contributed by atoms with E-state index in [0.29, 0.717) is 34.7 Å². The van der Waals surface area contributed by atoms with Gasteiger partial charge in [0.15, 0.2) is 0 Å². The smallest absolute Gasteiger partial charge is 0.256 e. The van der Waals surface area contributed by atoms with Crippen molar-refractivity contribution in [2.24, 2.45) is 5.92 Å². The number of benzene rings is 1. The largest absolute Gasteiger partial charge is 0.493 e. The molecule has 1 N–H and O–H groups in total. The molecule has 0 saturated carbocycles. The van der Waals surface area contributed by atoms with Crippen LogP contribution in [0.4, 0.5) is 5.82 Å². The van der Waals surface area contributed by atoms with E-state index in [2.05, 4.69) is 24.1 Å². The van der Waals surface area contributed by atoms with Gasteiger partial charge in [-0.3, -0.25) is 4.79 Å². The van der Waals surface area contributed by atoms with E-state index in [4.69, 9.17) is 16.3 Å². The minimum absolute atomic E-state index is 0.236. The number of hydrogen-bond acceptors (Lipinski definition) is 3. The zero-order valence-corrected chi connectivity index (χ0v) is 12.7. The molecule has 4 nitrogen and oxygen atoms in total. The highest BCUT2D eigenvalue weighted by molar-refractivity contribution is 6.30. The summed E-state index contributed by atoms with van der Waals surface area (Å²) in [4.78, 5) is 16.2. The maximum Gasteiger partial charge on any atom is 0.256 e. The lowest BCUT2D eigenvalue weighted by Gasteiger charge is -2.10. The summed E-state index contributed by atoms with van der Waals surface area (Å²) in [6, 6.07) is 10.4. The Morgan fingerprint density at radius 1 is 1.33 bits per heavy atom. The first-order chi connectivity index (χ1) is 10.0. The number of carbonyl (C=O) groups excluding carboxylic acids is 1. The van der Waals surface area contributed by atoms with Crippen LogP contribution in [0, 0.1) is 5.92 Å². The molecule has 0 saturated heterocycles. The minimum atomic E-state index is -0.236. The molecule has 0 atom stereocenters. The number of halogens is 1. The lowest BCUT2D eigenvalue weighted by Crippen LogP contribution is -2.13. The molecule has 2 aromatic rings. The van der Waals surface area contributed by atoms with Gasteiger partial charge in [0.1, 0.15) is 11.6 Å². The number of aromatic nitrogens is 1. The van der Waals surface area contributed by atoms with Crippen LogP contribution >= 0.6 is 11.6 Å². The van der Waals surface area contributed by atoms with Gasteiger partial charge in [-0.1, -0.05) is 31.5 Å². The number of rotatable bonds is 5. The van der Waals surface area contributed by atoms with Gasteiger partial charge < -0.3 is 10.1 Å². The molecule has 1 heterocycles. The van der Waals surface area contributed by atoms with Crippen molar-refractivity contribution < 1.29 is 9.53 Å². The Bertz CT molecular complexity index is 612. The minimum Gasteiger partial charge on any atom is -0.493 e. The van der Waals surface area contributed by atoms with Gasteiger partial charge in [-0.05, 0) is 36.2 Å². The molecule has 2 rings (SSSR count). The summed E-state index contributed by atoms with van der Waals surface area (Å²) in [5.41, 5.74) is 0.521. The van der Waals surface area contributed by atoms with Crippen molar-refractivity contribution in [1.82, 2.24) is 4.98 Å². The third kappa shape index (κ3) is 4.76. The summed E-state index contributed by atoms with van der Waals surface area (Å²) in [6.07, 6.45) is 1.49. The molecule has 1 aromatic carbocycles. The van der Waals surface area contributed by atoms with Gasteiger partial charge in [-0.15, -0.1) is 0 Å². The average Bonchev–Trinajstić information content (AvgIpc) is 2.48. The van der Waals surface area contributed by atoms with E-state index < -0.39 is 0 Å². The van der Waals surface area contributed by atoms with Gasteiger partial charge in [0.25, 0.3) is 5.91 Å². The summed E-state index contributed by atoms with van der Waals surface area (Å²) in [5.74, 6) is 1.33. The molecule has 0 fully saturated rings.